The van der Waals surface area contributed by atoms with E-state index < -0.39 is 23.8 Å². The number of nitrogens with one attached hydrogen (secondary N) is 2. The number of aryl methyl sites for hydroxylation is 1. The maximum absolute atomic E-state index is 14.7. The van der Waals surface area contributed by atoms with Crippen LogP contribution in [0, 0.1) is 0 Å². The molecule has 3 aliphatic rings. The highest BCUT2D eigenvalue weighted by Gasteiger charge is 2.49. The number of carbonyl (C=O) groups is 3. The molecule has 47 heavy (non-hydrogen) atoms. The Hall–Kier alpha value is -4.47. The van der Waals surface area contributed by atoms with Crippen LogP contribution in [0.3, 0.4) is 0 Å². The third-order valence-corrected chi connectivity index (χ3v) is 9.78. The van der Waals surface area contributed by atoms with Crippen molar-refractivity contribution in [2.75, 3.05) is 13.2 Å². The largest absolute Gasteiger partial charge is 0.444 e. The number of amides is 2. The number of aliphatic hydroxyl groups is 1. The van der Waals surface area contributed by atoms with Crippen LogP contribution in [0.25, 0.3) is 0 Å². The molecule has 0 radical (unpaired) electrons. The average molecular weight is 638 g/mol. The summed E-state index contributed by atoms with van der Waals surface area (Å²) in [7, 11) is 0. The first-order chi connectivity index (χ1) is 22.8. The first-order valence-electron chi connectivity index (χ1n) is 16.5. The second kappa shape index (κ2) is 14.5. The molecule has 3 aromatic rings. The maximum Gasteiger partial charge on any atom is 0.407 e. The lowest BCUT2D eigenvalue weighted by molar-refractivity contribution is -0.122. The Morgan fingerprint density at radius 2 is 1.68 bits per heavy atom. The molecular formula is C38H43N3O6. The molecule has 1 aliphatic carbocycles. The van der Waals surface area contributed by atoms with Gasteiger partial charge in [0.25, 0.3) is 0 Å². The van der Waals surface area contributed by atoms with E-state index in [9.17, 15) is 19.5 Å². The zero-order valence-corrected chi connectivity index (χ0v) is 26.5. The van der Waals surface area contributed by atoms with E-state index >= 15 is 0 Å². The van der Waals surface area contributed by atoms with Gasteiger partial charge >= 0.3 is 6.09 Å². The Morgan fingerprint density at radius 1 is 1.00 bits per heavy atom. The number of carbonyl (C=O) groups excluding carboxylic acids is 3. The van der Waals surface area contributed by atoms with Gasteiger partial charge in [-0.3, -0.25) is 9.59 Å². The smallest absolute Gasteiger partial charge is 0.407 e. The average Bonchev–Trinajstić information content (AvgIpc) is 3.79. The van der Waals surface area contributed by atoms with Gasteiger partial charge in [-0.25, -0.2) is 4.79 Å². The quantitative estimate of drug-likeness (QED) is 0.217. The molecule has 2 aliphatic heterocycles. The first kappa shape index (κ1) is 32.5. The Kier molecular flexibility index (Phi) is 10.0. The fourth-order valence-electron chi connectivity index (χ4n) is 7.42. The van der Waals surface area contributed by atoms with Crippen LogP contribution >= 0.6 is 0 Å². The molecule has 5 N–H and O–H groups in total. The molecule has 9 heteroatoms. The molecule has 246 valence electrons. The summed E-state index contributed by atoms with van der Waals surface area (Å²) in [5.41, 5.74) is 9.17. The molecule has 0 bridgehead atoms. The van der Waals surface area contributed by atoms with E-state index in [0.29, 0.717) is 50.9 Å². The standard InChI is InChI=1S/C38H43N3O6/c39-35(43)20-27-19-31(30-14-8-7-13-29(27)30)32-23-40-38(36(32)44,21-26-11-5-2-6-12-26)22-34(42)33(16-15-25-9-3-1-4-10-25)41-37(45)47-28-17-18-46-24-28/h1-14,23,27-28,31,33-34,40,42H,15-22,24H2,(H2,39,43)(H,41,45)/t27-,28+,31-,33+,34+,38+/m1/s1. The van der Waals surface area contributed by atoms with Crippen molar-refractivity contribution in [3.8, 4) is 0 Å². The second-order valence-electron chi connectivity index (χ2n) is 13.0. The highest BCUT2D eigenvalue weighted by molar-refractivity contribution is 6.06. The number of ether oxygens (including phenoxy) is 2. The van der Waals surface area contributed by atoms with Crippen LogP contribution in [0.2, 0.25) is 0 Å². The van der Waals surface area contributed by atoms with Gasteiger partial charge < -0.3 is 30.9 Å². The first-order valence-corrected chi connectivity index (χ1v) is 16.5. The number of hydrogen-bond acceptors (Lipinski definition) is 7. The molecule has 9 nitrogen and oxygen atoms in total. The Bertz CT molecular complexity index is 1590. The number of hydrogen-bond donors (Lipinski definition) is 4. The minimum absolute atomic E-state index is 0.0616. The van der Waals surface area contributed by atoms with Gasteiger partial charge in [-0.1, -0.05) is 84.9 Å². The van der Waals surface area contributed by atoms with Crippen molar-refractivity contribution < 1.29 is 29.0 Å². The third kappa shape index (κ3) is 7.58. The van der Waals surface area contributed by atoms with Crippen LogP contribution in [0.1, 0.15) is 66.2 Å². The van der Waals surface area contributed by atoms with E-state index in [2.05, 4.69) is 10.6 Å². The predicted molar refractivity (Wildman–Crippen MR) is 177 cm³/mol. The zero-order chi connectivity index (χ0) is 32.8. The van der Waals surface area contributed by atoms with Crippen molar-refractivity contribution in [2.45, 2.75) is 80.6 Å². The SMILES string of the molecule is NC(=O)C[C@H]1C[C@@H](C2=CN[C@@](Cc3ccccc3)(C[C@H](O)[C@H](CCc3ccccc3)NC(=O)O[C@H]3CCOC3)C2=O)c2ccccc21. The summed E-state index contributed by atoms with van der Waals surface area (Å²) in [6.45, 7) is 0.889. The van der Waals surface area contributed by atoms with Gasteiger partial charge in [-0.05, 0) is 47.4 Å². The van der Waals surface area contributed by atoms with Gasteiger partial charge in [-0.2, -0.15) is 0 Å². The van der Waals surface area contributed by atoms with Gasteiger partial charge in [0.2, 0.25) is 5.91 Å². The predicted octanol–water partition coefficient (Wildman–Crippen LogP) is 4.44. The molecule has 1 saturated heterocycles. The lowest BCUT2D eigenvalue weighted by Gasteiger charge is -2.35. The summed E-state index contributed by atoms with van der Waals surface area (Å²) in [5.74, 6) is -0.738. The normalized spacial score (nSPS) is 24.6. The lowest BCUT2D eigenvalue weighted by Crippen LogP contribution is -2.55. The van der Waals surface area contributed by atoms with E-state index in [0.717, 1.165) is 22.3 Å². The van der Waals surface area contributed by atoms with Crippen molar-refractivity contribution in [2.24, 2.45) is 5.73 Å². The van der Waals surface area contributed by atoms with Crippen LogP contribution in [-0.2, 0) is 31.9 Å². The number of Topliss-reactive ketones (excluding diaryl/α,β-unsaturated/α-hetero) is 1. The Balaban J connectivity index is 1.25. The number of fused-ring (bicyclic) bond motifs is 1. The second-order valence-corrected chi connectivity index (χ2v) is 13.0. The number of benzene rings is 3. The van der Waals surface area contributed by atoms with Crippen molar-refractivity contribution in [1.82, 2.24) is 10.6 Å². The highest BCUT2D eigenvalue weighted by atomic mass is 16.6. The Morgan fingerprint density at radius 3 is 2.36 bits per heavy atom. The molecule has 3 aromatic carbocycles. The van der Waals surface area contributed by atoms with E-state index in [1.54, 1.807) is 6.20 Å². The van der Waals surface area contributed by atoms with Crippen LogP contribution in [-0.4, -0.2) is 59.9 Å². The van der Waals surface area contributed by atoms with Crippen LogP contribution in [0.4, 0.5) is 4.79 Å². The summed E-state index contributed by atoms with van der Waals surface area (Å²) in [5, 5.41) is 18.3. The molecule has 1 fully saturated rings. The Labute approximate surface area is 275 Å². The maximum atomic E-state index is 14.7. The number of aliphatic hydroxyl groups excluding tert-OH is 1. The third-order valence-electron chi connectivity index (χ3n) is 9.78. The van der Waals surface area contributed by atoms with Gasteiger partial charge in [-0.15, -0.1) is 0 Å². The van der Waals surface area contributed by atoms with E-state index in [1.165, 1.54) is 0 Å². The van der Waals surface area contributed by atoms with Gasteiger partial charge in [0.1, 0.15) is 11.6 Å². The van der Waals surface area contributed by atoms with Crippen molar-refractivity contribution in [3.05, 3.63) is 119 Å². The summed E-state index contributed by atoms with van der Waals surface area (Å²) in [4.78, 5) is 39.6. The molecule has 6 atom stereocenters. The number of ketones is 1. The lowest BCUT2D eigenvalue weighted by atomic mass is 9.77. The molecule has 2 heterocycles. The van der Waals surface area contributed by atoms with Crippen molar-refractivity contribution >= 4 is 17.8 Å². The van der Waals surface area contributed by atoms with E-state index in [1.807, 2.05) is 84.9 Å². The number of primary amides is 1. The van der Waals surface area contributed by atoms with Crippen LogP contribution < -0.4 is 16.4 Å². The van der Waals surface area contributed by atoms with Crippen molar-refractivity contribution in [1.29, 1.82) is 0 Å². The zero-order valence-electron chi connectivity index (χ0n) is 26.5. The summed E-state index contributed by atoms with van der Waals surface area (Å²) >= 11 is 0. The van der Waals surface area contributed by atoms with Gasteiger partial charge in [0, 0.05) is 43.4 Å². The number of alkyl carbamates (subject to hydrolysis) is 1. The van der Waals surface area contributed by atoms with E-state index in [4.69, 9.17) is 15.2 Å². The minimum atomic E-state index is -1.15. The van der Waals surface area contributed by atoms with E-state index in [-0.39, 0.29) is 42.5 Å². The molecule has 0 spiro atoms. The molecule has 6 rings (SSSR count). The number of nitrogens with two attached hydrogens (primary N) is 1. The molecule has 2 amide bonds. The number of rotatable bonds is 13. The van der Waals surface area contributed by atoms with Crippen LogP contribution in [0.5, 0.6) is 0 Å². The molecular weight excluding hydrogens is 594 g/mol. The van der Waals surface area contributed by atoms with Gasteiger partial charge in [0.15, 0.2) is 5.78 Å². The molecule has 0 aromatic heterocycles. The molecule has 0 saturated carbocycles. The van der Waals surface area contributed by atoms with Crippen molar-refractivity contribution in [3.63, 3.8) is 0 Å². The minimum Gasteiger partial charge on any atom is -0.444 e. The molecule has 0 unspecified atom stereocenters. The summed E-state index contributed by atoms with van der Waals surface area (Å²) in [6, 6.07) is 26.9. The summed E-state index contributed by atoms with van der Waals surface area (Å²) in [6.07, 6.45) is 2.70. The van der Waals surface area contributed by atoms with Gasteiger partial charge in [0.05, 0.1) is 25.4 Å². The topological polar surface area (TPSA) is 140 Å². The van der Waals surface area contributed by atoms with Crippen LogP contribution in [0.15, 0.2) is 96.7 Å². The monoisotopic (exact) mass is 637 g/mol. The fourth-order valence-corrected chi connectivity index (χ4v) is 7.42. The summed E-state index contributed by atoms with van der Waals surface area (Å²) < 4.78 is 11.0. The highest BCUT2D eigenvalue weighted by Crippen LogP contribution is 2.49. The fraction of sp³-hybridized carbons (Fsp3) is 0.395.